The molecule has 0 bridgehead atoms. The second-order valence-corrected chi connectivity index (χ2v) is 9.04. The number of carbonyl (C=O) groups is 1. The second-order valence-electron chi connectivity index (χ2n) is 7.55. The SMILES string of the molecule is Cc1cc(C(=O)N2CCC(NCC3CC3)CC2)sc1-c1cccc(Cl)c1.Cl. The van der Waals surface area contributed by atoms with E-state index in [9.17, 15) is 4.79 Å². The topological polar surface area (TPSA) is 32.3 Å². The fourth-order valence-corrected chi connectivity index (χ4v) is 4.93. The van der Waals surface area contributed by atoms with Gasteiger partial charge in [0.05, 0.1) is 4.88 Å². The smallest absolute Gasteiger partial charge is 0.263 e. The maximum Gasteiger partial charge on any atom is 0.263 e. The molecule has 1 N–H and O–H groups in total. The number of nitrogens with zero attached hydrogens (tertiary/aromatic N) is 1. The summed E-state index contributed by atoms with van der Waals surface area (Å²) in [7, 11) is 0. The van der Waals surface area contributed by atoms with Crippen molar-refractivity contribution in [1.29, 1.82) is 0 Å². The minimum absolute atomic E-state index is 0. The van der Waals surface area contributed by atoms with Gasteiger partial charge in [-0.3, -0.25) is 4.79 Å². The normalized spacial score (nSPS) is 17.6. The predicted octanol–water partition coefficient (Wildman–Crippen LogP) is 5.40. The van der Waals surface area contributed by atoms with Crippen molar-refractivity contribution in [3.63, 3.8) is 0 Å². The molecule has 2 aromatic rings. The number of hydrogen-bond acceptors (Lipinski definition) is 3. The van der Waals surface area contributed by atoms with Crippen LogP contribution in [-0.4, -0.2) is 36.5 Å². The summed E-state index contributed by atoms with van der Waals surface area (Å²) < 4.78 is 0. The molecule has 146 valence electrons. The van der Waals surface area contributed by atoms with Gasteiger partial charge in [-0.25, -0.2) is 0 Å². The van der Waals surface area contributed by atoms with Crippen molar-refractivity contribution in [2.45, 2.75) is 38.6 Å². The Morgan fingerprint density at radius 2 is 1.96 bits per heavy atom. The molecular weight excluding hydrogens is 399 g/mol. The van der Waals surface area contributed by atoms with Gasteiger partial charge in [0.2, 0.25) is 0 Å². The summed E-state index contributed by atoms with van der Waals surface area (Å²) in [6, 6.07) is 10.5. The van der Waals surface area contributed by atoms with Gasteiger partial charge < -0.3 is 10.2 Å². The highest BCUT2D eigenvalue weighted by Crippen LogP contribution is 2.34. The first-order chi connectivity index (χ1) is 12.6. The quantitative estimate of drug-likeness (QED) is 0.696. The predicted molar refractivity (Wildman–Crippen MR) is 116 cm³/mol. The molecule has 6 heteroatoms. The molecule has 0 unspecified atom stereocenters. The minimum Gasteiger partial charge on any atom is -0.338 e. The van der Waals surface area contributed by atoms with E-state index < -0.39 is 0 Å². The lowest BCUT2D eigenvalue weighted by molar-refractivity contribution is 0.0710. The average Bonchev–Trinajstić information content (AvgIpc) is 3.40. The first-order valence-corrected chi connectivity index (χ1v) is 10.7. The minimum atomic E-state index is 0. The van der Waals surface area contributed by atoms with Crippen LogP contribution in [0.15, 0.2) is 30.3 Å². The monoisotopic (exact) mass is 424 g/mol. The van der Waals surface area contributed by atoms with Crippen LogP contribution in [0.5, 0.6) is 0 Å². The third-order valence-electron chi connectivity index (χ3n) is 5.39. The largest absolute Gasteiger partial charge is 0.338 e. The molecule has 2 heterocycles. The van der Waals surface area contributed by atoms with Gasteiger partial charge in [-0.2, -0.15) is 0 Å². The van der Waals surface area contributed by atoms with E-state index in [0.717, 1.165) is 64.3 Å². The molecule has 1 aromatic carbocycles. The van der Waals surface area contributed by atoms with E-state index in [1.807, 2.05) is 29.2 Å². The molecule has 1 saturated carbocycles. The number of likely N-dealkylation sites (tertiary alicyclic amines) is 1. The van der Waals surface area contributed by atoms with Crippen LogP contribution in [0.3, 0.4) is 0 Å². The molecule has 1 aromatic heterocycles. The molecule has 0 spiro atoms. The molecule has 2 aliphatic rings. The Labute approximate surface area is 176 Å². The summed E-state index contributed by atoms with van der Waals surface area (Å²) in [5.74, 6) is 1.08. The number of rotatable bonds is 5. The third kappa shape index (κ3) is 5.05. The Kier molecular flexibility index (Phi) is 6.85. The van der Waals surface area contributed by atoms with Gasteiger partial charge in [-0.05, 0) is 74.4 Å². The van der Waals surface area contributed by atoms with Crippen molar-refractivity contribution in [2.24, 2.45) is 5.92 Å². The summed E-state index contributed by atoms with van der Waals surface area (Å²) in [5.41, 5.74) is 2.23. The summed E-state index contributed by atoms with van der Waals surface area (Å²) in [6.07, 6.45) is 4.89. The number of hydrogen-bond donors (Lipinski definition) is 1. The maximum absolute atomic E-state index is 12.9. The van der Waals surface area contributed by atoms with Gasteiger partial charge in [-0.15, -0.1) is 23.7 Å². The molecule has 0 atom stereocenters. The van der Waals surface area contributed by atoms with E-state index in [0.29, 0.717) is 6.04 Å². The van der Waals surface area contributed by atoms with Crippen LogP contribution >= 0.6 is 35.3 Å². The van der Waals surface area contributed by atoms with E-state index >= 15 is 0 Å². The van der Waals surface area contributed by atoms with E-state index in [2.05, 4.69) is 18.3 Å². The number of benzene rings is 1. The highest BCUT2D eigenvalue weighted by atomic mass is 35.5. The number of carbonyl (C=O) groups excluding carboxylic acids is 1. The zero-order valence-corrected chi connectivity index (χ0v) is 17.9. The lowest BCUT2D eigenvalue weighted by Gasteiger charge is -2.32. The first-order valence-electron chi connectivity index (χ1n) is 9.49. The molecule has 1 saturated heterocycles. The molecule has 3 nitrogen and oxygen atoms in total. The molecule has 4 rings (SSSR count). The molecule has 27 heavy (non-hydrogen) atoms. The van der Waals surface area contributed by atoms with Crippen LogP contribution in [-0.2, 0) is 0 Å². The lowest BCUT2D eigenvalue weighted by Crippen LogP contribution is -2.45. The van der Waals surface area contributed by atoms with Crippen molar-refractivity contribution in [2.75, 3.05) is 19.6 Å². The number of piperidine rings is 1. The van der Waals surface area contributed by atoms with Gasteiger partial charge >= 0.3 is 0 Å². The molecule has 1 amide bonds. The number of amides is 1. The van der Waals surface area contributed by atoms with Crippen molar-refractivity contribution in [3.05, 3.63) is 45.8 Å². The van der Waals surface area contributed by atoms with E-state index in [1.165, 1.54) is 12.8 Å². The summed E-state index contributed by atoms with van der Waals surface area (Å²) in [4.78, 5) is 16.9. The summed E-state index contributed by atoms with van der Waals surface area (Å²) in [5, 5.41) is 4.40. The van der Waals surface area contributed by atoms with Crippen LogP contribution in [0.4, 0.5) is 0 Å². The van der Waals surface area contributed by atoms with E-state index in [-0.39, 0.29) is 18.3 Å². The highest BCUT2D eigenvalue weighted by Gasteiger charge is 2.27. The number of nitrogens with one attached hydrogen (secondary N) is 1. The lowest BCUT2D eigenvalue weighted by atomic mass is 10.0. The summed E-state index contributed by atoms with van der Waals surface area (Å²) in [6.45, 7) is 4.93. The molecular formula is C21H26Cl2N2OS. The van der Waals surface area contributed by atoms with Crippen molar-refractivity contribution < 1.29 is 4.79 Å². The number of thiophene rings is 1. The Morgan fingerprint density at radius 1 is 1.22 bits per heavy atom. The van der Waals surface area contributed by atoms with Crippen molar-refractivity contribution >= 4 is 41.3 Å². The second kappa shape index (κ2) is 8.95. The van der Waals surface area contributed by atoms with Crippen molar-refractivity contribution in [1.82, 2.24) is 10.2 Å². The molecule has 2 fully saturated rings. The van der Waals surface area contributed by atoms with E-state index in [4.69, 9.17) is 11.6 Å². The molecule has 1 aliphatic carbocycles. The Bertz CT molecular complexity index is 795. The maximum atomic E-state index is 12.9. The van der Waals surface area contributed by atoms with Gasteiger partial charge in [-0.1, -0.05) is 23.7 Å². The van der Waals surface area contributed by atoms with Gasteiger partial charge in [0.25, 0.3) is 5.91 Å². The van der Waals surface area contributed by atoms with Crippen LogP contribution in [0.2, 0.25) is 5.02 Å². The van der Waals surface area contributed by atoms with Crippen LogP contribution < -0.4 is 5.32 Å². The first kappa shape index (κ1) is 20.7. The van der Waals surface area contributed by atoms with Crippen molar-refractivity contribution in [3.8, 4) is 10.4 Å². The highest BCUT2D eigenvalue weighted by molar-refractivity contribution is 7.17. The van der Waals surface area contributed by atoms with Gasteiger partial charge in [0, 0.05) is 29.0 Å². The Morgan fingerprint density at radius 3 is 2.63 bits per heavy atom. The average molecular weight is 425 g/mol. The number of halogens is 2. The fraction of sp³-hybridized carbons (Fsp3) is 0.476. The van der Waals surface area contributed by atoms with E-state index in [1.54, 1.807) is 11.3 Å². The summed E-state index contributed by atoms with van der Waals surface area (Å²) >= 11 is 7.71. The molecule has 1 aliphatic heterocycles. The zero-order valence-electron chi connectivity index (χ0n) is 15.5. The van der Waals surface area contributed by atoms with Crippen LogP contribution in [0.1, 0.15) is 40.9 Å². The zero-order chi connectivity index (χ0) is 18.1. The Hall–Kier alpha value is -1.07. The fourth-order valence-electron chi connectivity index (χ4n) is 3.60. The number of aryl methyl sites for hydroxylation is 1. The van der Waals surface area contributed by atoms with Crippen LogP contribution in [0, 0.1) is 12.8 Å². The molecule has 0 radical (unpaired) electrons. The Balaban J connectivity index is 0.00000210. The van der Waals surface area contributed by atoms with Gasteiger partial charge in [0.1, 0.15) is 0 Å². The van der Waals surface area contributed by atoms with Crippen LogP contribution in [0.25, 0.3) is 10.4 Å². The van der Waals surface area contributed by atoms with Gasteiger partial charge in [0.15, 0.2) is 0 Å². The third-order valence-corrected chi connectivity index (χ3v) is 6.90. The standard InChI is InChI=1S/C21H25ClN2OS.ClH/c1-14-11-19(26-20(14)16-3-2-4-17(22)12-16)21(25)24-9-7-18(8-10-24)23-13-15-5-6-15;/h2-4,11-12,15,18,23H,5-10,13H2,1H3;1H.